The van der Waals surface area contributed by atoms with Gasteiger partial charge in [-0.05, 0) is 19.4 Å². The van der Waals surface area contributed by atoms with Crippen LogP contribution in [0.2, 0.25) is 0 Å². The molecule has 1 aliphatic heterocycles. The van der Waals surface area contributed by atoms with Crippen LogP contribution in [-0.2, 0) is 4.74 Å². The lowest BCUT2D eigenvalue weighted by Gasteiger charge is -2.24. The summed E-state index contributed by atoms with van der Waals surface area (Å²) in [7, 11) is 2.07. The van der Waals surface area contributed by atoms with Crippen LogP contribution in [0.3, 0.4) is 0 Å². The Hall–Kier alpha value is 0.270. The largest absolute Gasteiger partial charge is 0.381 e. The zero-order chi connectivity index (χ0) is 11.3. The number of thioether (sulfide) groups is 1. The molecule has 3 heteroatoms. The highest BCUT2D eigenvalue weighted by molar-refractivity contribution is 7.99. The minimum Gasteiger partial charge on any atom is -0.381 e. The fourth-order valence-corrected chi connectivity index (χ4v) is 3.11. The molecule has 3 atom stereocenters. The van der Waals surface area contributed by atoms with Gasteiger partial charge in [0.05, 0.1) is 6.61 Å². The Kier molecular flexibility index (Phi) is 6.02. The van der Waals surface area contributed by atoms with Crippen LogP contribution in [0.15, 0.2) is 0 Å². The average molecular weight is 231 g/mol. The van der Waals surface area contributed by atoms with Crippen LogP contribution in [0, 0.1) is 11.8 Å². The number of rotatable bonds is 6. The number of hydrogen-bond acceptors (Lipinski definition) is 3. The van der Waals surface area contributed by atoms with Crippen molar-refractivity contribution in [2.24, 2.45) is 11.8 Å². The van der Waals surface area contributed by atoms with E-state index in [0.29, 0.717) is 6.04 Å². The number of hydrogen-bond donors (Lipinski definition) is 1. The summed E-state index contributed by atoms with van der Waals surface area (Å²) < 4.78 is 5.44. The summed E-state index contributed by atoms with van der Waals surface area (Å²) in [5.41, 5.74) is 0. The van der Waals surface area contributed by atoms with Gasteiger partial charge in [0.25, 0.3) is 0 Å². The van der Waals surface area contributed by atoms with Crippen molar-refractivity contribution in [1.29, 1.82) is 0 Å². The summed E-state index contributed by atoms with van der Waals surface area (Å²) in [4.78, 5) is 0. The monoisotopic (exact) mass is 231 g/mol. The summed E-state index contributed by atoms with van der Waals surface area (Å²) >= 11 is 2.09. The molecular formula is C12H25NOS. The van der Waals surface area contributed by atoms with Gasteiger partial charge in [0, 0.05) is 29.6 Å². The molecule has 1 aliphatic rings. The van der Waals surface area contributed by atoms with Crippen LogP contribution in [0.1, 0.15) is 27.2 Å². The second-order valence-electron chi connectivity index (χ2n) is 4.80. The standard InChI is InChI=1S/C12H25NOS/c1-9(2)10(3)15-8-12(13-4)11-5-6-14-7-11/h9-13H,5-8H2,1-4H3. The third kappa shape index (κ3) is 4.33. The van der Waals surface area contributed by atoms with Gasteiger partial charge in [-0.1, -0.05) is 20.8 Å². The van der Waals surface area contributed by atoms with Gasteiger partial charge in [-0.25, -0.2) is 0 Å². The molecule has 0 bridgehead atoms. The van der Waals surface area contributed by atoms with E-state index in [4.69, 9.17) is 4.74 Å². The summed E-state index contributed by atoms with van der Waals surface area (Å²) in [6.07, 6.45) is 1.22. The number of nitrogens with one attached hydrogen (secondary N) is 1. The van der Waals surface area contributed by atoms with Gasteiger partial charge in [0.15, 0.2) is 0 Å². The first kappa shape index (κ1) is 13.3. The van der Waals surface area contributed by atoms with E-state index in [2.05, 4.69) is 44.9 Å². The summed E-state index contributed by atoms with van der Waals surface area (Å²) in [6, 6.07) is 0.624. The molecule has 3 unspecified atom stereocenters. The van der Waals surface area contributed by atoms with E-state index in [0.717, 1.165) is 30.3 Å². The second-order valence-corrected chi connectivity index (χ2v) is 6.21. The van der Waals surface area contributed by atoms with Gasteiger partial charge in [-0.15, -0.1) is 0 Å². The Balaban J connectivity index is 2.27. The van der Waals surface area contributed by atoms with E-state index in [9.17, 15) is 0 Å². The van der Waals surface area contributed by atoms with E-state index in [1.165, 1.54) is 12.2 Å². The van der Waals surface area contributed by atoms with Gasteiger partial charge in [0.1, 0.15) is 0 Å². The van der Waals surface area contributed by atoms with Crippen LogP contribution in [-0.4, -0.2) is 37.3 Å². The zero-order valence-electron chi connectivity index (χ0n) is 10.5. The van der Waals surface area contributed by atoms with Crippen molar-refractivity contribution in [3.63, 3.8) is 0 Å². The molecule has 1 heterocycles. The van der Waals surface area contributed by atoms with Crippen LogP contribution in [0.25, 0.3) is 0 Å². The third-order valence-electron chi connectivity index (χ3n) is 3.38. The van der Waals surface area contributed by atoms with Crippen molar-refractivity contribution in [1.82, 2.24) is 5.32 Å². The maximum absolute atomic E-state index is 5.44. The second kappa shape index (κ2) is 6.77. The SMILES string of the molecule is CNC(CSC(C)C(C)C)C1CCOC1. The predicted octanol–water partition coefficient (Wildman–Crippen LogP) is 2.39. The van der Waals surface area contributed by atoms with Crippen molar-refractivity contribution in [2.75, 3.05) is 26.0 Å². The summed E-state index contributed by atoms with van der Waals surface area (Å²) in [5.74, 6) is 2.71. The lowest BCUT2D eigenvalue weighted by molar-refractivity contribution is 0.179. The lowest BCUT2D eigenvalue weighted by atomic mass is 10.0. The maximum Gasteiger partial charge on any atom is 0.0510 e. The van der Waals surface area contributed by atoms with Gasteiger partial charge in [-0.2, -0.15) is 11.8 Å². The molecule has 1 fully saturated rings. The molecule has 0 radical (unpaired) electrons. The molecule has 15 heavy (non-hydrogen) atoms. The smallest absolute Gasteiger partial charge is 0.0510 e. The van der Waals surface area contributed by atoms with E-state index >= 15 is 0 Å². The van der Waals surface area contributed by atoms with Crippen LogP contribution in [0.4, 0.5) is 0 Å². The number of ether oxygens (including phenoxy) is 1. The molecular weight excluding hydrogens is 206 g/mol. The van der Waals surface area contributed by atoms with Crippen molar-refractivity contribution in [3.8, 4) is 0 Å². The highest BCUT2D eigenvalue weighted by atomic mass is 32.2. The maximum atomic E-state index is 5.44. The molecule has 90 valence electrons. The molecule has 0 aromatic carbocycles. The third-order valence-corrected chi connectivity index (χ3v) is 5.00. The highest BCUT2D eigenvalue weighted by Gasteiger charge is 2.25. The molecule has 0 amide bonds. The molecule has 2 nitrogen and oxygen atoms in total. The minimum absolute atomic E-state index is 0.624. The first-order valence-corrected chi connectivity index (χ1v) is 7.06. The molecule has 1 saturated heterocycles. The normalized spacial score (nSPS) is 25.8. The van der Waals surface area contributed by atoms with Gasteiger partial charge >= 0.3 is 0 Å². The lowest BCUT2D eigenvalue weighted by Crippen LogP contribution is -2.36. The fourth-order valence-electron chi connectivity index (χ4n) is 1.77. The molecule has 0 aromatic rings. The Bertz CT molecular complexity index is 169. The van der Waals surface area contributed by atoms with Gasteiger partial charge in [-0.3, -0.25) is 0 Å². The van der Waals surface area contributed by atoms with E-state index in [1.807, 2.05) is 0 Å². The van der Waals surface area contributed by atoms with Crippen molar-refractivity contribution in [3.05, 3.63) is 0 Å². The first-order chi connectivity index (χ1) is 7.15. The molecule has 0 spiro atoms. The molecule has 0 aromatic heterocycles. The van der Waals surface area contributed by atoms with Crippen molar-refractivity contribution < 1.29 is 4.74 Å². The van der Waals surface area contributed by atoms with Crippen LogP contribution in [0.5, 0.6) is 0 Å². The van der Waals surface area contributed by atoms with E-state index in [1.54, 1.807) is 0 Å². The molecule has 1 rings (SSSR count). The van der Waals surface area contributed by atoms with E-state index < -0.39 is 0 Å². The van der Waals surface area contributed by atoms with Crippen molar-refractivity contribution in [2.45, 2.75) is 38.5 Å². The Morgan fingerprint density at radius 1 is 1.40 bits per heavy atom. The minimum atomic E-state index is 0.624. The summed E-state index contributed by atoms with van der Waals surface area (Å²) in [6.45, 7) is 8.82. The van der Waals surface area contributed by atoms with Gasteiger partial charge < -0.3 is 10.1 Å². The fraction of sp³-hybridized carbons (Fsp3) is 1.00. The van der Waals surface area contributed by atoms with Gasteiger partial charge in [0.2, 0.25) is 0 Å². The zero-order valence-corrected chi connectivity index (χ0v) is 11.3. The van der Waals surface area contributed by atoms with Crippen molar-refractivity contribution >= 4 is 11.8 Å². The molecule has 1 N–H and O–H groups in total. The van der Waals surface area contributed by atoms with E-state index in [-0.39, 0.29) is 0 Å². The summed E-state index contributed by atoms with van der Waals surface area (Å²) in [5, 5.41) is 4.19. The van der Waals surface area contributed by atoms with Crippen LogP contribution < -0.4 is 5.32 Å². The topological polar surface area (TPSA) is 21.3 Å². The Labute approximate surface area is 98.5 Å². The first-order valence-electron chi connectivity index (χ1n) is 6.01. The predicted molar refractivity (Wildman–Crippen MR) is 68.5 cm³/mol. The Morgan fingerprint density at radius 2 is 2.13 bits per heavy atom. The highest BCUT2D eigenvalue weighted by Crippen LogP contribution is 2.24. The Morgan fingerprint density at radius 3 is 2.60 bits per heavy atom. The molecule has 0 saturated carbocycles. The molecule has 0 aliphatic carbocycles. The average Bonchev–Trinajstić information content (AvgIpc) is 2.71. The quantitative estimate of drug-likeness (QED) is 0.758. The van der Waals surface area contributed by atoms with Crippen LogP contribution >= 0.6 is 11.8 Å².